The third kappa shape index (κ3) is 5.45. The molecule has 0 radical (unpaired) electrons. The van der Waals surface area contributed by atoms with Gasteiger partial charge in [0, 0.05) is 5.70 Å². The fraction of sp³-hybridized carbons (Fsp3) is 0.250. The van der Waals surface area contributed by atoms with Crippen LogP contribution < -0.4 is 20.1 Å². The Labute approximate surface area is 181 Å². The molecule has 2 N–H and O–H groups in total. The van der Waals surface area contributed by atoms with Gasteiger partial charge >= 0.3 is 12.0 Å². The van der Waals surface area contributed by atoms with Crippen molar-refractivity contribution in [3.63, 3.8) is 0 Å². The molecule has 0 fully saturated rings. The summed E-state index contributed by atoms with van der Waals surface area (Å²) in [7, 11) is 1.54. The lowest BCUT2D eigenvalue weighted by molar-refractivity contribution is -0.138. The number of amides is 2. The van der Waals surface area contributed by atoms with Crippen molar-refractivity contribution in [3.05, 3.63) is 83.1 Å². The predicted molar refractivity (Wildman–Crippen MR) is 117 cm³/mol. The van der Waals surface area contributed by atoms with E-state index in [0.29, 0.717) is 34.9 Å². The molecule has 1 heterocycles. The first-order valence-corrected chi connectivity index (χ1v) is 9.94. The summed E-state index contributed by atoms with van der Waals surface area (Å²) >= 11 is 0. The third-order valence-corrected chi connectivity index (χ3v) is 4.79. The topological polar surface area (TPSA) is 85.9 Å². The highest BCUT2D eigenvalue weighted by atomic mass is 16.5. The Kier molecular flexibility index (Phi) is 7.32. The molecule has 0 bridgehead atoms. The van der Waals surface area contributed by atoms with Crippen LogP contribution in [0.25, 0.3) is 0 Å². The van der Waals surface area contributed by atoms with Gasteiger partial charge in [-0.1, -0.05) is 48.6 Å². The molecule has 0 aromatic heterocycles. The highest BCUT2D eigenvalue weighted by molar-refractivity contribution is 5.95. The summed E-state index contributed by atoms with van der Waals surface area (Å²) in [5, 5.41) is 5.42. The number of carbonyl (C=O) groups excluding carboxylic acids is 2. The number of esters is 1. The molecule has 7 nitrogen and oxygen atoms in total. The quantitative estimate of drug-likeness (QED) is 0.496. The second-order valence-electron chi connectivity index (χ2n) is 6.92. The van der Waals surface area contributed by atoms with E-state index in [1.807, 2.05) is 37.3 Å². The van der Waals surface area contributed by atoms with E-state index in [1.54, 1.807) is 44.4 Å². The monoisotopic (exact) mass is 422 g/mol. The molecule has 2 amide bonds. The van der Waals surface area contributed by atoms with Gasteiger partial charge in [-0.25, -0.2) is 9.59 Å². The van der Waals surface area contributed by atoms with Gasteiger partial charge in [0.15, 0.2) is 11.5 Å². The minimum atomic E-state index is -0.677. The van der Waals surface area contributed by atoms with Crippen LogP contribution in [0, 0.1) is 0 Å². The molecule has 2 aromatic carbocycles. The van der Waals surface area contributed by atoms with Crippen LogP contribution in [-0.2, 0) is 16.1 Å². The van der Waals surface area contributed by atoms with Crippen molar-refractivity contribution in [1.82, 2.24) is 10.6 Å². The Morgan fingerprint density at radius 2 is 1.90 bits per heavy atom. The summed E-state index contributed by atoms with van der Waals surface area (Å²) in [6, 6.07) is 14.0. The van der Waals surface area contributed by atoms with Gasteiger partial charge < -0.3 is 24.8 Å². The highest BCUT2D eigenvalue weighted by Crippen LogP contribution is 2.35. The van der Waals surface area contributed by atoms with Gasteiger partial charge in [0.1, 0.15) is 13.2 Å². The van der Waals surface area contributed by atoms with Crippen molar-refractivity contribution in [2.24, 2.45) is 0 Å². The molecule has 0 saturated heterocycles. The highest BCUT2D eigenvalue weighted by Gasteiger charge is 2.32. The van der Waals surface area contributed by atoms with E-state index in [0.717, 1.165) is 5.56 Å². The first-order valence-electron chi connectivity index (χ1n) is 9.94. The number of nitrogens with one attached hydrogen (secondary N) is 2. The maximum absolute atomic E-state index is 12.7. The predicted octanol–water partition coefficient (Wildman–Crippen LogP) is 4.02. The molecule has 162 valence electrons. The number of ether oxygens (including phenoxy) is 3. The summed E-state index contributed by atoms with van der Waals surface area (Å²) in [5.41, 5.74) is 2.49. The Morgan fingerprint density at radius 1 is 1.13 bits per heavy atom. The van der Waals surface area contributed by atoms with Crippen LogP contribution in [0.3, 0.4) is 0 Å². The summed E-state index contributed by atoms with van der Waals surface area (Å²) in [5.74, 6) is 0.560. The zero-order valence-corrected chi connectivity index (χ0v) is 17.8. The second-order valence-corrected chi connectivity index (χ2v) is 6.92. The summed E-state index contributed by atoms with van der Waals surface area (Å²) in [6.07, 6.45) is 3.53. The van der Waals surface area contributed by atoms with Crippen molar-refractivity contribution in [3.8, 4) is 11.5 Å². The fourth-order valence-electron chi connectivity index (χ4n) is 3.23. The molecule has 2 aromatic rings. The molecular weight excluding hydrogens is 396 g/mol. The van der Waals surface area contributed by atoms with E-state index in [9.17, 15) is 9.59 Å². The Bertz CT molecular complexity index is 998. The maximum Gasteiger partial charge on any atom is 0.338 e. The van der Waals surface area contributed by atoms with Gasteiger partial charge in [0.2, 0.25) is 0 Å². The van der Waals surface area contributed by atoms with Crippen LogP contribution in [-0.4, -0.2) is 25.7 Å². The van der Waals surface area contributed by atoms with Gasteiger partial charge in [-0.2, -0.15) is 0 Å². The van der Waals surface area contributed by atoms with Crippen molar-refractivity contribution in [2.75, 3.05) is 13.7 Å². The standard InChI is InChI=1S/C24H26N2O5/c1-4-5-13-30-23(27)21-16(2)25-24(28)26-22(21)18-11-12-19(20(14-18)29-3)31-15-17-9-7-6-8-10-17/h4-12,14,22H,13,15H2,1-3H3,(H2,25,26,28)/b5-4+. The number of rotatable bonds is 8. The van der Waals surface area contributed by atoms with Crippen molar-refractivity contribution in [2.45, 2.75) is 26.5 Å². The zero-order chi connectivity index (χ0) is 22.2. The molecule has 31 heavy (non-hydrogen) atoms. The molecule has 3 rings (SSSR count). The molecule has 1 unspecified atom stereocenters. The van der Waals surface area contributed by atoms with Gasteiger partial charge in [-0.15, -0.1) is 0 Å². The molecule has 1 atom stereocenters. The molecular formula is C24H26N2O5. The Balaban J connectivity index is 1.85. The summed E-state index contributed by atoms with van der Waals surface area (Å²) in [6.45, 7) is 4.06. The van der Waals surface area contributed by atoms with Gasteiger partial charge in [0.05, 0.1) is 18.7 Å². The van der Waals surface area contributed by atoms with E-state index in [1.165, 1.54) is 0 Å². The second kappa shape index (κ2) is 10.3. The van der Waals surface area contributed by atoms with Crippen molar-refractivity contribution in [1.29, 1.82) is 0 Å². The van der Waals surface area contributed by atoms with E-state index in [4.69, 9.17) is 14.2 Å². The van der Waals surface area contributed by atoms with Crippen LogP contribution in [0.4, 0.5) is 4.79 Å². The van der Waals surface area contributed by atoms with E-state index < -0.39 is 18.0 Å². The van der Waals surface area contributed by atoms with E-state index in [-0.39, 0.29) is 6.61 Å². The summed E-state index contributed by atoms with van der Waals surface area (Å²) in [4.78, 5) is 24.8. The van der Waals surface area contributed by atoms with Crippen LogP contribution in [0.2, 0.25) is 0 Å². The average Bonchev–Trinajstić information content (AvgIpc) is 2.77. The van der Waals surface area contributed by atoms with Gasteiger partial charge in [-0.05, 0) is 37.1 Å². The van der Waals surface area contributed by atoms with Crippen molar-refractivity contribution >= 4 is 12.0 Å². The SMILES string of the molecule is C/C=C/COC(=O)C1=C(C)NC(=O)NC1c1ccc(OCc2ccccc2)c(OC)c1. The average molecular weight is 422 g/mol. The number of urea groups is 1. The van der Waals surface area contributed by atoms with Crippen LogP contribution in [0.5, 0.6) is 11.5 Å². The molecule has 0 saturated carbocycles. The first kappa shape index (κ1) is 22.0. The molecule has 7 heteroatoms. The van der Waals surface area contributed by atoms with Gasteiger partial charge in [0.25, 0.3) is 0 Å². The van der Waals surface area contributed by atoms with Gasteiger partial charge in [-0.3, -0.25) is 0 Å². The molecule has 0 aliphatic carbocycles. The van der Waals surface area contributed by atoms with Crippen LogP contribution in [0.15, 0.2) is 72.0 Å². The molecule has 0 spiro atoms. The normalized spacial score (nSPS) is 16.0. The largest absolute Gasteiger partial charge is 0.493 e. The molecule has 1 aliphatic heterocycles. The number of hydrogen-bond donors (Lipinski definition) is 2. The Hall–Kier alpha value is -3.74. The van der Waals surface area contributed by atoms with E-state index >= 15 is 0 Å². The maximum atomic E-state index is 12.7. The Morgan fingerprint density at radius 3 is 2.61 bits per heavy atom. The van der Waals surface area contributed by atoms with Crippen LogP contribution >= 0.6 is 0 Å². The number of methoxy groups -OCH3 is 1. The zero-order valence-electron chi connectivity index (χ0n) is 17.8. The fourth-order valence-corrected chi connectivity index (χ4v) is 3.23. The number of benzene rings is 2. The van der Waals surface area contributed by atoms with Crippen LogP contribution in [0.1, 0.15) is 31.0 Å². The number of allylic oxidation sites excluding steroid dienone is 2. The third-order valence-electron chi connectivity index (χ3n) is 4.79. The minimum absolute atomic E-state index is 0.155. The lowest BCUT2D eigenvalue weighted by Gasteiger charge is -2.28. The molecule has 1 aliphatic rings. The first-order chi connectivity index (χ1) is 15.0. The summed E-state index contributed by atoms with van der Waals surface area (Å²) < 4.78 is 16.7. The number of hydrogen-bond acceptors (Lipinski definition) is 5. The smallest absolute Gasteiger partial charge is 0.338 e. The minimum Gasteiger partial charge on any atom is -0.493 e. The number of carbonyl (C=O) groups is 2. The lowest BCUT2D eigenvalue weighted by atomic mass is 9.95. The van der Waals surface area contributed by atoms with E-state index in [2.05, 4.69) is 10.6 Å². The van der Waals surface area contributed by atoms with Crippen molar-refractivity contribution < 1.29 is 23.8 Å². The lowest BCUT2D eigenvalue weighted by Crippen LogP contribution is -2.45.